The summed E-state index contributed by atoms with van der Waals surface area (Å²) in [5.74, 6) is -0.399. The molecule has 0 spiro atoms. The first-order valence-corrected chi connectivity index (χ1v) is 7.25. The topological polar surface area (TPSA) is 57.6 Å². The number of β-lactam (4-membered cyclic amide) rings is 1. The van der Waals surface area contributed by atoms with Gasteiger partial charge >= 0.3 is 5.97 Å². The van der Waals surface area contributed by atoms with E-state index in [2.05, 4.69) is 20.8 Å². The smallest absolute Gasteiger partial charge is 0.353 e. The molecule has 0 saturated carbocycles. The van der Waals surface area contributed by atoms with Crippen molar-refractivity contribution in [1.82, 2.24) is 4.90 Å². The molecule has 0 aromatic rings. The van der Waals surface area contributed by atoms with E-state index < -0.39 is 5.97 Å². The lowest BCUT2D eigenvalue weighted by molar-refractivity contribution is -0.145. The summed E-state index contributed by atoms with van der Waals surface area (Å²) < 4.78 is 0.0954. The fraction of sp³-hybridized carbons (Fsp3) is 0.636. The van der Waals surface area contributed by atoms with E-state index in [1.54, 1.807) is 11.8 Å². The lowest BCUT2D eigenvalue weighted by atomic mass is 10.1. The molecule has 0 aliphatic carbocycles. The average Bonchev–Trinajstić information content (AvgIpc) is 2.46. The number of carboxylic acid groups (broad SMARTS) is 1. The van der Waals surface area contributed by atoms with Crippen LogP contribution in [0.5, 0.6) is 0 Å². The maximum atomic E-state index is 11.4. The lowest BCUT2D eigenvalue weighted by Crippen LogP contribution is -2.48. The second-order valence-electron chi connectivity index (χ2n) is 5.02. The molecule has 0 radical (unpaired) electrons. The SMILES string of the molecule is CC(C)(C)SCC1=C(C(=O)O)N2C(=O)C[C@H]2S1. The number of thioether (sulfide) groups is 2. The van der Waals surface area contributed by atoms with E-state index in [0.29, 0.717) is 12.2 Å². The van der Waals surface area contributed by atoms with Crippen LogP contribution >= 0.6 is 23.5 Å². The van der Waals surface area contributed by atoms with E-state index in [9.17, 15) is 14.7 Å². The van der Waals surface area contributed by atoms with Crippen LogP contribution in [0, 0.1) is 0 Å². The Balaban J connectivity index is 2.15. The second-order valence-corrected chi connectivity index (χ2v) is 8.09. The molecule has 0 bridgehead atoms. The number of aliphatic carboxylic acids is 1. The summed E-state index contributed by atoms with van der Waals surface area (Å²) in [5, 5.41) is 9.21. The second kappa shape index (κ2) is 4.24. The van der Waals surface area contributed by atoms with Crippen molar-refractivity contribution >= 4 is 35.4 Å². The summed E-state index contributed by atoms with van der Waals surface area (Å²) in [6.07, 6.45) is 0.463. The van der Waals surface area contributed by atoms with Gasteiger partial charge in [0.15, 0.2) is 0 Å². The fourth-order valence-corrected chi connectivity index (χ4v) is 4.04. The minimum atomic E-state index is -0.988. The van der Waals surface area contributed by atoms with Crippen molar-refractivity contribution in [2.24, 2.45) is 0 Å². The highest BCUT2D eigenvalue weighted by molar-refractivity contribution is 8.07. The summed E-state index contributed by atoms with van der Waals surface area (Å²) in [5.41, 5.74) is 0.202. The molecule has 17 heavy (non-hydrogen) atoms. The third-order valence-electron chi connectivity index (χ3n) is 2.53. The number of carbonyl (C=O) groups is 2. The lowest BCUT2D eigenvalue weighted by Gasteiger charge is -2.33. The molecule has 1 atom stereocenters. The number of amides is 1. The van der Waals surface area contributed by atoms with Gasteiger partial charge in [-0.1, -0.05) is 20.8 Å². The summed E-state index contributed by atoms with van der Waals surface area (Å²) in [6, 6.07) is 0. The number of nitrogens with zero attached hydrogens (tertiary/aromatic N) is 1. The third-order valence-corrected chi connectivity index (χ3v) is 5.28. The Kier molecular flexibility index (Phi) is 3.20. The Morgan fingerprint density at radius 1 is 1.59 bits per heavy atom. The summed E-state index contributed by atoms with van der Waals surface area (Å²) in [7, 11) is 0. The zero-order valence-corrected chi connectivity index (χ0v) is 11.7. The van der Waals surface area contributed by atoms with Gasteiger partial charge in [-0.15, -0.1) is 11.8 Å². The Morgan fingerprint density at radius 3 is 2.71 bits per heavy atom. The predicted molar refractivity (Wildman–Crippen MR) is 69.7 cm³/mol. The molecule has 0 aromatic carbocycles. The van der Waals surface area contributed by atoms with Crippen LogP contribution in [0.2, 0.25) is 0 Å². The zero-order valence-electron chi connectivity index (χ0n) is 10.0. The third kappa shape index (κ3) is 2.47. The van der Waals surface area contributed by atoms with Gasteiger partial charge in [0.2, 0.25) is 5.91 Å². The van der Waals surface area contributed by atoms with E-state index in [1.807, 2.05) is 0 Å². The Bertz CT molecular complexity index is 411. The summed E-state index contributed by atoms with van der Waals surface area (Å²) in [4.78, 5) is 24.8. The summed E-state index contributed by atoms with van der Waals surface area (Å²) >= 11 is 3.23. The molecule has 94 valence electrons. The monoisotopic (exact) mass is 273 g/mol. The maximum Gasteiger partial charge on any atom is 0.353 e. The van der Waals surface area contributed by atoms with E-state index in [-0.39, 0.29) is 21.7 Å². The standard InChI is InChI=1S/C11H15NO3S2/c1-11(2,3)16-5-6-9(10(14)15)12-7(13)4-8(12)17-6/h8H,4-5H2,1-3H3,(H,14,15)/t8-/m1/s1. The van der Waals surface area contributed by atoms with Gasteiger partial charge in [0.1, 0.15) is 5.70 Å². The average molecular weight is 273 g/mol. The minimum absolute atomic E-state index is 0.0316. The maximum absolute atomic E-state index is 11.4. The normalized spacial score (nSPS) is 23.8. The first-order valence-electron chi connectivity index (χ1n) is 5.39. The number of fused-ring (bicyclic) bond motifs is 1. The van der Waals surface area contributed by atoms with E-state index in [4.69, 9.17) is 0 Å². The van der Waals surface area contributed by atoms with Crippen LogP contribution in [0.1, 0.15) is 27.2 Å². The van der Waals surface area contributed by atoms with Crippen molar-refractivity contribution in [3.05, 3.63) is 10.6 Å². The van der Waals surface area contributed by atoms with Crippen molar-refractivity contribution in [2.75, 3.05) is 5.75 Å². The van der Waals surface area contributed by atoms with E-state index in [1.165, 1.54) is 16.7 Å². The van der Waals surface area contributed by atoms with Gasteiger partial charge in [0.25, 0.3) is 0 Å². The molecule has 2 heterocycles. The van der Waals surface area contributed by atoms with Crippen LogP contribution in [0.25, 0.3) is 0 Å². The van der Waals surface area contributed by atoms with Gasteiger partial charge in [0.05, 0.1) is 11.8 Å². The quantitative estimate of drug-likeness (QED) is 0.798. The van der Waals surface area contributed by atoms with Gasteiger partial charge in [-0.05, 0) is 0 Å². The largest absolute Gasteiger partial charge is 0.477 e. The number of carbonyl (C=O) groups excluding carboxylic acids is 1. The molecule has 0 unspecified atom stereocenters. The predicted octanol–water partition coefficient (Wildman–Crippen LogP) is 2.12. The first kappa shape index (κ1) is 12.8. The molecule has 2 rings (SSSR count). The van der Waals surface area contributed by atoms with Crippen LogP contribution in [0.15, 0.2) is 10.6 Å². The Morgan fingerprint density at radius 2 is 2.24 bits per heavy atom. The van der Waals surface area contributed by atoms with Gasteiger partial charge in [-0.3, -0.25) is 9.69 Å². The van der Waals surface area contributed by atoms with Crippen molar-refractivity contribution in [1.29, 1.82) is 0 Å². The molecule has 1 fully saturated rings. The molecule has 6 heteroatoms. The molecule has 4 nitrogen and oxygen atoms in total. The Labute approximate surface area is 109 Å². The van der Waals surface area contributed by atoms with Gasteiger partial charge in [-0.2, -0.15) is 11.8 Å². The Hall–Kier alpha value is -0.620. The molecule has 2 aliphatic heterocycles. The minimum Gasteiger partial charge on any atom is -0.477 e. The highest BCUT2D eigenvalue weighted by atomic mass is 32.2. The molecule has 1 N–H and O–H groups in total. The van der Waals surface area contributed by atoms with Crippen molar-refractivity contribution in [3.63, 3.8) is 0 Å². The highest BCUT2D eigenvalue weighted by Gasteiger charge is 2.48. The van der Waals surface area contributed by atoms with Crippen molar-refractivity contribution in [3.8, 4) is 0 Å². The molecule has 1 saturated heterocycles. The molecule has 2 aliphatic rings. The number of rotatable bonds is 3. The van der Waals surface area contributed by atoms with Crippen molar-refractivity contribution in [2.45, 2.75) is 37.3 Å². The molecule has 1 amide bonds. The van der Waals surface area contributed by atoms with Gasteiger partial charge in [-0.25, -0.2) is 4.79 Å². The van der Waals surface area contributed by atoms with E-state index in [0.717, 1.165) is 4.91 Å². The van der Waals surface area contributed by atoms with Crippen LogP contribution in [-0.4, -0.2) is 37.8 Å². The number of carboxylic acids is 1. The van der Waals surface area contributed by atoms with Gasteiger partial charge in [0, 0.05) is 15.4 Å². The number of hydrogen-bond donors (Lipinski definition) is 1. The van der Waals surface area contributed by atoms with Gasteiger partial charge < -0.3 is 5.11 Å². The highest BCUT2D eigenvalue weighted by Crippen LogP contribution is 2.47. The zero-order chi connectivity index (χ0) is 12.8. The van der Waals surface area contributed by atoms with E-state index >= 15 is 0 Å². The number of hydrogen-bond acceptors (Lipinski definition) is 4. The van der Waals surface area contributed by atoms with Crippen LogP contribution in [0.3, 0.4) is 0 Å². The molecule has 0 aromatic heterocycles. The molecular formula is C11H15NO3S2. The fourth-order valence-electron chi connectivity index (χ4n) is 1.71. The van der Waals surface area contributed by atoms with Crippen molar-refractivity contribution < 1.29 is 14.7 Å². The molecular weight excluding hydrogens is 258 g/mol. The van der Waals surface area contributed by atoms with Crippen LogP contribution in [-0.2, 0) is 9.59 Å². The van der Waals surface area contributed by atoms with Crippen LogP contribution in [0.4, 0.5) is 0 Å². The summed E-state index contributed by atoms with van der Waals surface area (Å²) in [6.45, 7) is 6.29. The first-order chi connectivity index (χ1) is 7.79. The van der Waals surface area contributed by atoms with Crippen LogP contribution < -0.4 is 0 Å².